The highest BCUT2D eigenvalue weighted by Crippen LogP contribution is 2.27. The number of methoxy groups -OCH3 is 1. The Morgan fingerprint density at radius 1 is 1.11 bits per heavy atom. The second-order valence-electron chi connectivity index (χ2n) is 11.7. The lowest BCUT2D eigenvalue weighted by Gasteiger charge is -2.29. The fourth-order valence-electron chi connectivity index (χ4n) is 4.89. The van der Waals surface area contributed by atoms with Crippen LogP contribution in [0.25, 0.3) is 17.8 Å². The quantitative estimate of drug-likeness (QED) is 0.263. The number of amides is 1. The zero-order valence-corrected chi connectivity index (χ0v) is 26.3. The van der Waals surface area contributed by atoms with Crippen molar-refractivity contribution in [2.24, 2.45) is 0 Å². The number of nitrogens with zero attached hydrogens (tertiary/aromatic N) is 8. The number of pyridine rings is 1. The number of hydrogen-bond acceptors (Lipinski definition) is 11. The molecule has 4 aromatic heterocycles. The summed E-state index contributed by atoms with van der Waals surface area (Å²) in [6, 6.07) is 10.9. The number of carbonyl (C=O) groups excluding carboxylic acids is 1. The van der Waals surface area contributed by atoms with Crippen LogP contribution >= 0.6 is 11.3 Å². The topological polar surface area (TPSA) is 144 Å². The standard InChI is InChI=1S/C31H34N10O3S/c1-31(2,3)24-19-45-30(33-24)35-28(42)21-11-14-40-26(17-21)34-27(39-15-12-32-13-16-39)23(29(40)43)9-10-25-36-37-38-41(25)18-20-5-7-22(44-4)8-6-20/h5-11,14,17,19,32H,12-13,15-16,18H2,1-4H3,(H,33,35,42). The molecule has 1 aliphatic heterocycles. The van der Waals surface area contributed by atoms with E-state index in [2.05, 4.69) is 56.8 Å². The van der Waals surface area contributed by atoms with Gasteiger partial charge in [-0.25, -0.2) is 14.6 Å². The van der Waals surface area contributed by atoms with Crippen molar-refractivity contribution in [3.05, 3.63) is 86.5 Å². The van der Waals surface area contributed by atoms with Crippen LogP contribution in [0.3, 0.4) is 0 Å². The molecule has 13 nitrogen and oxygen atoms in total. The molecule has 1 aliphatic rings. The molecule has 0 bridgehead atoms. The van der Waals surface area contributed by atoms with Gasteiger partial charge in [-0.1, -0.05) is 32.9 Å². The maximum atomic E-state index is 13.9. The Labute approximate surface area is 263 Å². The Kier molecular flexibility index (Phi) is 8.41. The van der Waals surface area contributed by atoms with Crippen LogP contribution in [-0.4, -0.2) is 73.8 Å². The molecular weight excluding hydrogens is 592 g/mol. The number of fused-ring (bicyclic) bond motifs is 1. The van der Waals surface area contributed by atoms with Crippen molar-refractivity contribution < 1.29 is 9.53 Å². The average molecular weight is 627 g/mol. The molecule has 1 fully saturated rings. The minimum Gasteiger partial charge on any atom is -0.497 e. The summed E-state index contributed by atoms with van der Waals surface area (Å²) >= 11 is 1.38. The number of nitrogens with one attached hydrogen (secondary N) is 2. The van der Waals surface area contributed by atoms with Crippen molar-refractivity contribution in [2.45, 2.75) is 32.7 Å². The minimum atomic E-state index is -0.321. The zero-order chi connectivity index (χ0) is 31.6. The van der Waals surface area contributed by atoms with Crippen molar-refractivity contribution in [2.75, 3.05) is 43.5 Å². The Bertz CT molecular complexity index is 1910. The molecule has 2 N–H and O–H groups in total. The van der Waals surface area contributed by atoms with E-state index >= 15 is 0 Å². The van der Waals surface area contributed by atoms with E-state index in [-0.39, 0.29) is 16.9 Å². The first kappa shape index (κ1) is 30.1. The largest absolute Gasteiger partial charge is 0.497 e. The van der Waals surface area contributed by atoms with Crippen LogP contribution in [0.2, 0.25) is 0 Å². The molecular formula is C31H34N10O3S. The molecule has 1 aromatic carbocycles. The van der Waals surface area contributed by atoms with Crippen LogP contribution in [0.5, 0.6) is 5.75 Å². The second-order valence-corrected chi connectivity index (χ2v) is 12.5. The normalized spacial score (nSPS) is 13.9. The SMILES string of the molecule is COc1ccc(Cn2nnnc2C=Cc2c(N3CCNCC3)nc3cc(C(=O)Nc4nc(C(C)(C)C)cs4)ccn3c2=O)cc1. The van der Waals surface area contributed by atoms with Gasteiger partial charge < -0.3 is 15.0 Å². The number of anilines is 2. The van der Waals surface area contributed by atoms with Crippen molar-refractivity contribution in [1.82, 2.24) is 39.9 Å². The Morgan fingerprint density at radius 2 is 1.89 bits per heavy atom. The van der Waals surface area contributed by atoms with Crippen LogP contribution in [0, 0.1) is 0 Å². The highest BCUT2D eigenvalue weighted by atomic mass is 32.1. The van der Waals surface area contributed by atoms with E-state index in [9.17, 15) is 9.59 Å². The third-order valence-corrected chi connectivity index (χ3v) is 8.22. The minimum absolute atomic E-state index is 0.122. The van der Waals surface area contributed by atoms with Crippen molar-refractivity contribution in [1.29, 1.82) is 0 Å². The first-order valence-corrected chi connectivity index (χ1v) is 15.4. The number of ether oxygens (including phenoxy) is 1. The van der Waals surface area contributed by atoms with E-state index in [4.69, 9.17) is 9.72 Å². The highest BCUT2D eigenvalue weighted by Gasteiger charge is 2.21. The molecule has 0 atom stereocenters. The van der Waals surface area contributed by atoms with Gasteiger partial charge >= 0.3 is 0 Å². The molecule has 232 valence electrons. The fourth-order valence-corrected chi connectivity index (χ4v) is 5.83. The lowest BCUT2D eigenvalue weighted by Crippen LogP contribution is -2.45. The molecule has 5 heterocycles. The summed E-state index contributed by atoms with van der Waals surface area (Å²) in [6.07, 6.45) is 5.02. The molecule has 5 aromatic rings. The summed E-state index contributed by atoms with van der Waals surface area (Å²) in [7, 11) is 1.63. The van der Waals surface area contributed by atoms with E-state index in [0.717, 1.165) is 30.1 Å². The molecule has 45 heavy (non-hydrogen) atoms. The fraction of sp³-hybridized carbons (Fsp3) is 0.323. The van der Waals surface area contributed by atoms with Gasteiger partial charge in [-0.3, -0.25) is 19.3 Å². The monoisotopic (exact) mass is 626 g/mol. The van der Waals surface area contributed by atoms with Gasteiger partial charge in [0.15, 0.2) is 11.0 Å². The predicted molar refractivity (Wildman–Crippen MR) is 174 cm³/mol. The molecule has 6 rings (SSSR count). The van der Waals surface area contributed by atoms with E-state index < -0.39 is 0 Å². The van der Waals surface area contributed by atoms with Crippen molar-refractivity contribution in [3.8, 4) is 5.75 Å². The van der Waals surface area contributed by atoms with E-state index in [1.807, 2.05) is 29.6 Å². The number of tetrazole rings is 1. The Hall–Kier alpha value is -4.95. The van der Waals surface area contributed by atoms with Crippen molar-refractivity contribution >= 4 is 46.0 Å². The molecule has 1 amide bonds. The Morgan fingerprint density at radius 3 is 2.60 bits per heavy atom. The van der Waals surface area contributed by atoms with Gasteiger partial charge in [-0.05, 0) is 52.4 Å². The highest BCUT2D eigenvalue weighted by molar-refractivity contribution is 7.14. The summed E-state index contributed by atoms with van der Waals surface area (Å²) in [5, 5.41) is 20.8. The summed E-state index contributed by atoms with van der Waals surface area (Å²) in [6.45, 7) is 9.55. The summed E-state index contributed by atoms with van der Waals surface area (Å²) in [4.78, 5) is 38.6. The zero-order valence-electron chi connectivity index (χ0n) is 25.5. The van der Waals surface area contributed by atoms with Gasteiger partial charge in [-0.2, -0.15) is 0 Å². The number of thiazole rings is 1. The number of benzene rings is 1. The van der Waals surface area contributed by atoms with Gasteiger partial charge in [-0.15, -0.1) is 16.4 Å². The number of aromatic nitrogens is 7. The van der Waals surface area contributed by atoms with Gasteiger partial charge in [0.25, 0.3) is 11.5 Å². The van der Waals surface area contributed by atoms with E-state index in [1.165, 1.54) is 15.7 Å². The smallest absolute Gasteiger partial charge is 0.267 e. The van der Waals surface area contributed by atoms with E-state index in [0.29, 0.717) is 53.2 Å². The maximum Gasteiger partial charge on any atom is 0.267 e. The van der Waals surface area contributed by atoms with Gasteiger partial charge in [0.2, 0.25) is 0 Å². The molecule has 0 saturated carbocycles. The van der Waals surface area contributed by atoms with Crippen LogP contribution in [0.15, 0.2) is 52.8 Å². The summed E-state index contributed by atoms with van der Waals surface area (Å²) < 4.78 is 8.35. The van der Waals surface area contributed by atoms with Crippen LogP contribution in [-0.2, 0) is 12.0 Å². The number of hydrogen-bond donors (Lipinski definition) is 2. The first-order chi connectivity index (χ1) is 21.7. The predicted octanol–water partition coefficient (Wildman–Crippen LogP) is 3.32. The molecule has 1 saturated heterocycles. The lowest BCUT2D eigenvalue weighted by molar-refractivity contribution is 0.102. The number of carbonyl (C=O) groups is 1. The third-order valence-electron chi connectivity index (χ3n) is 7.47. The van der Waals surface area contributed by atoms with Crippen LogP contribution < -0.4 is 25.8 Å². The van der Waals surface area contributed by atoms with Gasteiger partial charge in [0, 0.05) is 48.7 Å². The van der Waals surface area contributed by atoms with Crippen LogP contribution in [0.4, 0.5) is 10.9 Å². The lowest BCUT2D eigenvalue weighted by atomic mass is 9.93. The first-order valence-electron chi connectivity index (χ1n) is 14.6. The van der Waals surface area contributed by atoms with E-state index in [1.54, 1.807) is 42.3 Å². The van der Waals surface area contributed by atoms with Gasteiger partial charge in [0.05, 0.1) is 24.9 Å². The molecule has 0 spiro atoms. The van der Waals surface area contributed by atoms with Gasteiger partial charge in [0.1, 0.15) is 17.2 Å². The number of rotatable bonds is 8. The van der Waals surface area contributed by atoms with Crippen molar-refractivity contribution in [3.63, 3.8) is 0 Å². The molecule has 0 radical (unpaired) electrons. The number of piperazine rings is 1. The molecule has 0 aliphatic carbocycles. The average Bonchev–Trinajstić information content (AvgIpc) is 3.70. The molecule has 14 heteroatoms. The Balaban J connectivity index is 1.32. The molecule has 0 unspecified atom stereocenters. The third kappa shape index (κ3) is 6.61. The maximum absolute atomic E-state index is 13.9. The summed E-state index contributed by atoms with van der Waals surface area (Å²) in [5.41, 5.74) is 2.67. The summed E-state index contributed by atoms with van der Waals surface area (Å²) in [5.74, 6) is 1.48. The second kappa shape index (κ2) is 12.6. The van der Waals surface area contributed by atoms with Crippen LogP contribution in [0.1, 0.15) is 53.8 Å².